The SMILES string of the molecule is CC(C)[C@H](NC(=O)c1ccc(Cl)c(Cl)c1)c1nnc(SCC(=O)Nc2ccc(Br)cc2F)n1C. The smallest absolute Gasteiger partial charge is 0.251 e. The molecule has 2 aromatic carbocycles. The maximum atomic E-state index is 13.9. The molecular formula is C22H21BrCl2FN5O2S. The molecule has 0 bridgehead atoms. The summed E-state index contributed by atoms with van der Waals surface area (Å²) in [4.78, 5) is 25.1. The third-order valence-electron chi connectivity index (χ3n) is 4.82. The summed E-state index contributed by atoms with van der Waals surface area (Å²) in [6.07, 6.45) is 0. The van der Waals surface area contributed by atoms with Crippen molar-refractivity contribution in [3.05, 3.63) is 68.1 Å². The van der Waals surface area contributed by atoms with Crippen LogP contribution in [-0.4, -0.2) is 32.3 Å². The van der Waals surface area contributed by atoms with E-state index in [-0.39, 0.29) is 34.2 Å². The number of anilines is 1. The molecule has 0 saturated carbocycles. The van der Waals surface area contributed by atoms with Gasteiger partial charge in [0.15, 0.2) is 11.0 Å². The minimum atomic E-state index is -0.536. The first-order valence-electron chi connectivity index (χ1n) is 10.1. The number of hydrogen-bond donors (Lipinski definition) is 2. The second kappa shape index (κ2) is 11.5. The number of thioether (sulfide) groups is 1. The molecule has 1 aromatic heterocycles. The van der Waals surface area contributed by atoms with E-state index in [9.17, 15) is 14.0 Å². The molecule has 0 radical (unpaired) electrons. The van der Waals surface area contributed by atoms with Crippen molar-refractivity contribution in [1.29, 1.82) is 0 Å². The first kappa shape index (κ1) is 26.5. The van der Waals surface area contributed by atoms with Gasteiger partial charge in [-0.05, 0) is 42.3 Å². The Balaban J connectivity index is 1.68. The van der Waals surface area contributed by atoms with Gasteiger partial charge >= 0.3 is 0 Å². The summed E-state index contributed by atoms with van der Waals surface area (Å²) in [5.74, 6) is -0.717. The summed E-state index contributed by atoms with van der Waals surface area (Å²) in [5.41, 5.74) is 0.464. The number of aromatic nitrogens is 3. The van der Waals surface area contributed by atoms with Gasteiger partial charge in [-0.3, -0.25) is 9.59 Å². The lowest BCUT2D eigenvalue weighted by Crippen LogP contribution is -2.33. The molecule has 0 saturated heterocycles. The van der Waals surface area contributed by atoms with Crippen molar-refractivity contribution in [2.24, 2.45) is 13.0 Å². The predicted molar refractivity (Wildman–Crippen MR) is 136 cm³/mol. The van der Waals surface area contributed by atoms with Gasteiger partial charge in [-0.1, -0.05) is 64.7 Å². The second-order valence-corrected chi connectivity index (χ2v) is 10.4. The molecule has 34 heavy (non-hydrogen) atoms. The van der Waals surface area contributed by atoms with Gasteiger partial charge in [-0.15, -0.1) is 10.2 Å². The quantitative estimate of drug-likeness (QED) is 0.321. The molecule has 12 heteroatoms. The molecule has 0 unspecified atom stereocenters. The van der Waals surface area contributed by atoms with Crippen molar-refractivity contribution in [2.75, 3.05) is 11.1 Å². The van der Waals surface area contributed by atoms with Crippen molar-refractivity contribution in [2.45, 2.75) is 25.0 Å². The van der Waals surface area contributed by atoms with Gasteiger partial charge < -0.3 is 15.2 Å². The standard InChI is InChI=1S/C22H21BrCl2FN5O2S/c1-11(2)19(28-21(33)12-4-6-14(24)15(25)8-12)20-29-30-22(31(20)3)34-10-18(32)27-17-7-5-13(23)9-16(17)26/h4-9,11,19H,10H2,1-3H3,(H,27,32)(H,28,33)/t19-/m0/s1. The Hall–Kier alpha value is -2.14. The Labute approximate surface area is 218 Å². The van der Waals surface area contributed by atoms with E-state index in [2.05, 4.69) is 36.8 Å². The Morgan fingerprint density at radius 3 is 2.53 bits per heavy atom. The topological polar surface area (TPSA) is 88.9 Å². The first-order chi connectivity index (χ1) is 16.1. The molecule has 0 aliphatic rings. The molecule has 0 spiro atoms. The number of halogens is 4. The number of carbonyl (C=O) groups excluding carboxylic acids is 2. The van der Waals surface area contributed by atoms with Crippen LogP contribution in [0.5, 0.6) is 0 Å². The van der Waals surface area contributed by atoms with E-state index in [4.69, 9.17) is 23.2 Å². The minimum absolute atomic E-state index is 0.00343. The molecule has 3 aromatic rings. The van der Waals surface area contributed by atoms with Crippen LogP contribution in [0, 0.1) is 11.7 Å². The lowest BCUT2D eigenvalue weighted by atomic mass is 10.0. The molecule has 2 N–H and O–H groups in total. The van der Waals surface area contributed by atoms with Gasteiger partial charge in [0.2, 0.25) is 5.91 Å². The summed E-state index contributed by atoms with van der Waals surface area (Å²) in [6, 6.07) is 8.60. The summed E-state index contributed by atoms with van der Waals surface area (Å²) < 4.78 is 16.2. The van der Waals surface area contributed by atoms with Gasteiger partial charge in [0, 0.05) is 17.1 Å². The average Bonchev–Trinajstić information content (AvgIpc) is 3.14. The molecule has 0 fully saturated rings. The van der Waals surface area contributed by atoms with E-state index in [1.165, 1.54) is 18.2 Å². The zero-order valence-electron chi connectivity index (χ0n) is 18.4. The van der Waals surface area contributed by atoms with Crippen molar-refractivity contribution in [3.63, 3.8) is 0 Å². The van der Waals surface area contributed by atoms with Crippen LogP contribution in [0.2, 0.25) is 10.0 Å². The molecule has 1 heterocycles. The molecular weight excluding hydrogens is 568 g/mol. The zero-order valence-corrected chi connectivity index (χ0v) is 22.3. The molecule has 0 aliphatic heterocycles. The van der Waals surface area contributed by atoms with Crippen molar-refractivity contribution in [1.82, 2.24) is 20.1 Å². The Morgan fingerprint density at radius 2 is 1.88 bits per heavy atom. The van der Waals surface area contributed by atoms with E-state index in [0.29, 0.717) is 26.0 Å². The molecule has 1 atom stereocenters. The number of nitrogens with zero attached hydrogens (tertiary/aromatic N) is 3. The highest BCUT2D eigenvalue weighted by atomic mass is 79.9. The van der Waals surface area contributed by atoms with Crippen LogP contribution in [0.15, 0.2) is 46.0 Å². The van der Waals surface area contributed by atoms with E-state index in [1.807, 2.05) is 13.8 Å². The van der Waals surface area contributed by atoms with Crippen LogP contribution in [0.25, 0.3) is 0 Å². The summed E-state index contributed by atoms with van der Waals surface area (Å²) in [6.45, 7) is 3.89. The minimum Gasteiger partial charge on any atom is -0.342 e. The van der Waals surface area contributed by atoms with E-state index < -0.39 is 11.9 Å². The van der Waals surface area contributed by atoms with Crippen LogP contribution in [0.1, 0.15) is 36.1 Å². The highest BCUT2D eigenvalue weighted by Crippen LogP contribution is 2.27. The number of hydrogen-bond acceptors (Lipinski definition) is 5. The van der Waals surface area contributed by atoms with Gasteiger partial charge in [0.1, 0.15) is 5.82 Å². The van der Waals surface area contributed by atoms with Crippen molar-refractivity contribution in [3.8, 4) is 0 Å². The van der Waals surface area contributed by atoms with Crippen molar-refractivity contribution < 1.29 is 14.0 Å². The molecule has 0 aliphatic carbocycles. The number of rotatable bonds is 8. The van der Waals surface area contributed by atoms with Gasteiger partial charge in [0.25, 0.3) is 5.91 Å². The summed E-state index contributed by atoms with van der Waals surface area (Å²) in [7, 11) is 1.75. The molecule has 3 rings (SSSR count). The Morgan fingerprint density at radius 1 is 1.15 bits per heavy atom. The van der Waals surface area contributed by atoms with Crippen molar-refractivity contribution >= 4 is 68.4 Å². The second-order valence-electron chi connectivity index (χ2n) is 7.68. The van der Waals surface area contributed by atoms with Crippen LogP contribution >= 0.6 is 50.9 Å². The van der Waals surface area contributed by atoms with Crippen LogP contribution in [0.3, 0.4) is 0 Å². The third-order valence-corrected chi connectivity index (χ3v) is 7.07. The fraction of sp³-hybridized carbons (Fsp3) is 0.273. The predicted octanol–water partition coefficient (Wildman–Crippen LogP) is 5.88. The largest absolute Gasteiger partial charge is 0.342 e. The van der Waals surface area contributed by atoms with Crippen LogP contribution < -0.4 is 10.6 Å². The zero-order chi connectivity index (χ0) is 25.0. The Kier molecular flexibility index (Phi) is 8.97. The fourth-order valence-corrected chi connectivity index (χ4v) is 4.37. The number of benzene rings is 2. The lowest BCUT2D eigenvalue weighted by Gasteiger charge is -2.22. The highest BCUT2D eigenvalue weighted by molar-refractivity contribution is 9.10. The van der Waals surface area contributed by atoms with Crippen LogP contribution in [0.4, 0.5) is 10.1 Å². The lowest BCUT2D eigenvalue weighted by molar-refractivity contribution is -0.113. The van der Waals surface area contributed by atoms with E-state index in [0.717, 1.165) is 11.8 Å². The first-order valence-corrected chi connectivity index (χ1v) is 12.6. The van der Waals surface area contributed by atoms with E-state index in [1.54, 1.807) is 29.8 Å². The van der Waals surface area contributed by atoms with Crippen LogP contribution in [-0.2, 0) is 11.8 Å². The summed E-state index contributed by atoms with van der Waals surface area (Å²) >= 11 is 16.3. The molecule has 180 valence electrons. The van der Waals surface area contributed by atoms with Gasteiger partial charge in [-0.2, -0.15) is 0 Å². The van der Waals surface area contributed by atoms with E-state index >= 15 is 0 Å². The molecule has 2 amide bonds. The number of nitrogens with one attached hydrogen (secondary N) is 2. The van der Waals surface area contributed by atoms with Gasteiger partial charge in [0.05, 0.1) is 27.5 Å². The third kappa shape index (κ3) is 6.50. The number of carbonyl (C=O) groups is 2. The normalized spacial score (nSPS) is 12.0. The summed E-state index contributed by atoms with van der Waals surface area (Å²) in [5, 5.41) is 15.0. The van der Waals surface area contributed by atoms with Gasteiger partial charge in [-0.25, -0.2) is 4.39 Å². The Bertz CT molecular complexity index is 1220. The molecule has 7 nitrogen and oxygen atoms in total. The maximum absolute atomic E-state index is 13.9. The number of amides is 2. The maximum Gasteiger partial charge on any atom is 0.251 e. The highest BCUT2D eigenvalue weighted by Gasteiger charge is 2.25. The monoisotopic (exact) mass is 587 g/mol. The fourth-order valence-electron chi connectivity index (χ4n) is 3.02. The average molecular weight is 589 g/mol.